The largest absolute Gasteiger partial charge is 0.495 e. The number of benzene rings is 11. The van der Waals surface area contributed by atoms with Crippen LogP contribution in [0, 0.1) is 42.6 Å². The van der Waals surface area contributed by atoms with Crippen LogP contribution in [0.4, 0.5) is 13.2 Å². The number of carbonyl (C=O) groups is 5. The number of aromatic amines is 5. The summed E-state index contributed by atoms with van der Waals surface area (Å²) in [4.78, 5) is 60.9. The average molecular weight is 1810 g/mol. The van der Waals surface area contributed by atoms with E-state index in [9.17, 15) is 52.6 Å². The molecule has 1 fully saturated rings. The SMILES string of the molecule is COc1c(C#N)ccc2[nH]nc(/C=C/c3ccc(C)cc3)c12.COc1c(C(=O)NCC2CCCO2)ccc2n[nH]c(/C=C/c3ccc(F)cc3)c12.COc1c(C(=O)N[C@@H](C)C(N)=O)ccc2n[nH]c(/C=C/c3ccc(F)cc3)c12.COc1c(C(=O)N[C@H](CO)c2ccccc2)ccc2n[nH]c(/C=C/c3ccc(F)cc3)c12.COc1c(C(=O)O)ccc2n[nH]c(/C=C/c3ccc(C)cc3)c12. The maximum absolute atomic E-state index is 13.1. The molecule has 1 saturated heterocycles. The number of aromatic nitrogens is 10. The number of nitriles is 1. The Morgan fingerprint density at radius 3 is 1.20 bits per heavy atom. The van der Waals surface area contributed by atoms with E-state index in [0.29, 0.717) is 113 Å². The van der Waals surface area contributed by atoms with Crippen LogP contribution >= 0.6 is 0 Å². The Morgan fingerprint density at radius 2 is 0.836 bits per heavy atom. The van der Waals surface area contributed by atoms with Gasteiger partial charge in [0.25, 0.3) is 17.7 Å². The minimum absolute atomic E-state index is 0.0665. The van der Waals surface area contributed by atoms with Crippen molar-refractivity contribution in [2.75, 3.05) is 55.3 Å². The topological polar surface area (TPSA) is 410 Å². The first kappa shape index (κ1) is 94.6. The summed E-state index contributed by atoms with van der Waals surface area (Å²) in [5.41, 5.74) is 21.5. The maximum Gasteiger partial charge on any atom is 0.339 e. The van der Waals surface area contributed by atoms with Gasteiger partial charge in [0, 0.05) is 13.2 Å². The zero-order valence-corrected chi connectivity index (χ0v) is 74.0. The van der Waals surface area contributed by atoms with Crippen LogP contribution < -0.4 is 45.4 Å². The van der Waals surface area contributed by atoms with Crippen molar-refractivity contribution in [2.45, 2.75) is 51.8 Å². The van der Waals surface area contributed by atoms with E-state index in [-0.39, 0.29) is 53.1 Å². The molecule has 0 bridgehead atoms. The number of nitrogens with one attached hydrogen (secondary N) is 8. The van der Waals surface area contributed by atoms with Crippen LogP contribution in [0.5, 0.6) is 28.7 Å². The quantitative estimate of drug-likeness (QED) is 0.0240. The highest BCUT2D eigenvalue weighted by atomic mass is 19.1. The number of aliphatic hydroxyl groups excluding tert-OH is 1. The second kappa shape index (κ2) is 44.8. The number of halogens is 3. The summed E-state index contributed by atoms with van der Waals surface area (Å²) in [6.45, 7) is 6.58. The number of methoxy groups -OCH3 is 5. The molecule has 0 radical (unpaired) electrons. The van der Waals surface area contributed by atoms with Crippen molar-refractivity contribution in [2.24, 2.45) is 5.73 Å². The fourth-order valence-electron chi connectivity index (χ4n) is 14.5. The first-order valence-electron chi connectivity index (χ1n) is 42.1. The molecule has 11 aromatic carbocycles. The zero-order chi connectivity index (χ0) is 94.9. The summed E-state index contributed by atoms with van der Waals surface area (Å²) in [5, 5.41) is 76.1. The number of hydrogen-bond acceptors (Lipinski definition) is 18. The third-order valence-electron chi connectivity index (χ3n) is 21.6. The van der Waals surface area contributed by atoms with Gasteiger partial charge in [0.1, 0.15) is 63.9 Å². The number of fused-ring (bicyclic) bond motifs is 5. The van der Waals surface area contributed by atoms with Crippen molar-refractivity contribution in [3.05, 3.63) is 331 Å². The predicted octanol–water partition coefficient (Wildman–Crippen LogP) is 18.3. The van der Waals surface area contributed by atoms with Gasteiger partial charge < -0.3 is 60.3 Å². The molecule has 28 nitrogen and oxygen atoms in total. The molecule has 1 aliphatic heterocycles. The highest BCUT2D eigenvalue weighted by Crippen LogP contribution is 2.39. The molecule has 0 saturated carbocycles. The molecule has 17 rings (SSSR count). The predicted molar refractivity (Wildman–Crippen MR) is 512 cm³/mol. The van der Waals surface area contributed by atoms with Crippen LogP contribution in [0.1, 0.15) is 146 Å². The zero-order valence-electron chi connectivity index (χ0n) is 74.0. The van der Waals surface area contributed by atoms with Crippen LogP contribution in [0.25, 0.3) is 115 Å². The maximum atomic E-state index is 13.1. The van der Waals surface area contributed by atoms with E-state index in [4.69, 9.17) is 34.2 Å². The number of H-pyrrole nitrogens is 5. The minimum atomic E-state index is -1.03. The molecule has 1 aliphatic rings. The van der Waals surface area contributed by atoms with Gasteiger partial charge in [-0.1, -0.05) is 157 Å². The van der Waals surface area contributed by atoms with Crippen LogP contribution in [0.2, 0.25) is 0 Å². The van der Waals surface area contributed by atoms with Crippen molar-refractivity contribution >= 4 is 145 Å². The third-order valence-corrected chi connectivity index (χ3v) is 21.6. The van der Waals surface area contributed by atoms with Gasteiger partial charge in [-0.25, -0.2) is 18.0 Å². The molecular weight excluding hydrogens is 1710 g/mol. The van der Waals surface area contributed by atoms with E-state index in [1.165, 1.54) is 89.0 Å². The van der Waals surface area contributed by atoms with Crippen molar-refractivity contribution in [3.8, 4) is 34.8 Å². The van der Waals surface area contributed by atoms with Gasteiger partial charge in [-0.05, 0) is 194 Å². The highest BCUT2D eigenvalue weighted by Gasteiger charge is 2.27. The molecule has 4 amide bonds. The Morgan fingerprint density at radius 1 is 0.463 bits per heavy atom. The van der Waals surface area contributed by atoms with E-state index < -0.39 is 29.9 Å². The lowest BCUT2D eigenvalue weighted by Crippen LogP contribution is -2.42. The third kappa shape index (κ3) is 23.2. The number of carboxylic acids is 1. The summed E-state index contributed by atoms with van der Waals surface area (Å²) in [6, 6.07) is 61.5. The number of ether oxygens (including phenoxy) is 6. The van der Waals surface area contributed by atoms with Gasteiger partial charge >= 0.3 is 5.97 Å². The Hall–Kier alpha value is -17.0. The molecule has 5 aromatic heterocycles. The summed E-state index contributed by atoms with van der Waals surface area (Å²) in [6.07, 6.45) is 20.6. The lowest BCUT2D eigenvalue weighted by molar-refractivity contribution is -0.119. The van der Waals surface area contributed by atoms with Crippen LogP contribution in [0.3, 0.4) is 0 Å². The lowest BCUT2D eigenvalue weighted by Gasteiger charge is -2.18. The van der Waals surface area contributed by atoms with Crippen molar-refractivity contribution in [3.63, 3.8) is 0 Å². The second-order valence-electron chi connectivity index (χ2n) is 30.5. The Labute approximate surface area is 767 Å². The molecule has 16 aromatic rings. The van der Waals surface area contributed by atoms with Crippen molar-refractivity contribution < 1.29 is 75.8 Å². The molecule has 680 valence electrons. The number of amides is 4. The first-order chi connectivity index (χ1) is 65.0. The molecule has 6 heterocycles. The fourth-order valence-corrected chi connectivity index (χ4v) is 14.5. The minimum Gasteiger partial charge on any atom is -0.495 e. The van der Waals surface area contributed by atoms with E-state index >= 15 is 0 Å². The van der Waals surface area contributed by atoms with Gasteiger partial charge in [0.2, 0.25) is 5.91 Å². The second-order valence-corrected chi connectivity index (χ2v) is 30.5. The number of aliphatic hydroxyl groups is 1. The van der Waals surface area contributed by atoms with Gasteiger partial charge in [0.15, 0.2) is 0 Å². The summed E-state index contributed by atoms with van der Waals surface area (Å²) >= 11 is 0. The van der Waals surface area contributed by atoms with Crippen molar-refractivity contribution in [1.29, 1.82) is 5.26 Å². The molecule has 1 unspecified atom stereocenters. The fraction of sp³-hybridized carbons (Fsp3) is 0.155. The smallest absolute Gasteiger partial charge is 0.339 e. The first-order valence-corrected chi connectivity index (χ1v) is 42.1. The molecule has 0 spiro atoms. The number of aryl methyl sites for hydroxylation is 2. The van der Waals surface area contributed by atoms with Gasteiger partial charge in [-0.3, -0.25) is 44.7 Å². The van der Waals surface area contributed by atoms with Crippen LogP contribution in [-0.2, 0) is 9.53 Å². The van der Waals surface area contributed by atoms with Crippen molar-refractivity contribution in [1.82, 2.24) is 66.9 Å². The summed E-state index contributed by atoms with van der Waals surface area (Å²) < 4.78 is 72.2. The number of aromatic carboxylic acids is 1. The average Bonchev–Trinajstić information content (AvgIpc) is 1.66. The van der Waals surface area contributed by atoms with Gasteiger partial charge in [-0.2, -0.15) is 30.8 Å². The lowest BCUT2D eigenvalue weighted by atomic mass is 10.0. The monoisotopic (exact) mass is 1810 g/mol. The van der Waals surface area contributed by atoms with E-state index in [0.717, 1.165) is 74.8 Å². The molecular formula is C103H94F3N15O13. The number of nitrogens with zero attached hydrogens (tertiary/aromatic N) is 6. The van der Waals surface area contributed by atoms with E-state index in [1.807, 2.05) is 110 Å². The summed E-state index contributed by atoms with van der Waals surface area (Å²) in [5.74, 6) is -1.63. The Bertz CT molecular complexity index is 7080. The Balaban J connectivity index is 0.000000143. The number of rotatable bonds is 26. The molecule has 0 aliphatic carbocycles. The number of nitrogens with two attached hydrogens (primary N) is 1. The normalized spacial score (nSPS) is 12.8. The van der Waals surface area contributed by atoms with Gasteiger partial charge in [0.05, 0.1) is 160 Å². The standard InChI is InChI=1S/C25H22FN3O3.C22H22FN3O3.C20H19FN4O3.C18H15N3O.C18H16N2O3/c1-32-24-19(25(31)27-22(15-30)17-5-3-2-4-6-17)12-14-21-23(24)20(28-29-21)13-9-16-7-10-18(26)11-8-16;1-28-21-17(22(27)24-13-16-3-2-12-29-16)9-11-19-20(21)18(25-26-19)10-6-14-4-7-15(23)8-5-14;1-11(19(22)26)23-20(27)14-8-10-16-17(18(14)28-2)15(24-25-16)9-5-12-3-6-13(21)7-4-12;1-12-3-5-13(6-4-12)7-9-15-17-16(21-20-15)10-8-14(11-19)18(17)22-2;1-11-3-5-12(6-4-11)7-9-14-16-15(20-19-14)10-8-13(18(21)22)17(16)23-2/h2-14,22,30H,15H2,1H3,(H,27,31)(H,28,29);4-11,16H,2-3,12-13H2,1H3,(H,24,27)(H,25,26);3-11H,1-2H3,(H2,22,26)(H,23,27)(H,24,25);3-10H,1-2H3,(H,20,21);3-10H,1-2H3,(H,19,20)(H,21,22)/b13-9+;10-6+;9-5+;2*9-7+/t22-;;11-;;/m1.0../s1. The highest BCUT2D eigenvalue weighted by molar-refractivity contribution is 6.09. The van der Waals surface area contributed by atoms with E-state index in [2.05, 4.69) is 104 Å². The van der Waals surface area contributed by atoms with Crippen LogP contribution in [0.15, 0.2) is 212 Å². The van der Waals surface area contributed by atoms with Crippen LogP contribution in [-0.4, -0.2) is 158 Å². The molecule has 3 atom stereocenters. The van der Waals surface area contributed by atoms with Gasteiger partial charge in [-0.15, -0.1) is 0 Å². The number of carbonyl (C=O) groups excluding carboxylic acids is 4. The number of carboxylic acid groups (broad SMARTS) is 1. The summed E-state index contributed by atoms with van der Waals surface area (Å²) in [7, 11) is 7.50. The molecule has 134 heavy (non-hydrogen) atoms. The molecule has 12 N–H and O–H groups in total. The molecule has 31 heteroatoms. The number of primary amides is 1. The van der Waals surface area contributed by atoms with E-state index in [1.54, 1.807) is 110 Å². The number of hydrogen-bond donors (Lipinski definition) is 11. The Kier molecular flexibility index (Phi) is 31.7.